The predicted molar refractivity (Wildman–Crippen MR) is 73.8 cm³/mol. The topological polar surface area (TPSA) is 69.4 Å². The van der Waals surface area contributed by atoms with Crippen molar-refractivity contribution in [2.24, 2.45) is 0 Å². The van der Waals surface area contributed by atoms with E-state index >= 15 is 0 Å². The zero-order valence-corrected chi connectivity index (χ0v) is 12.8. The standard InChI is InChI=1S/C11H11Br2NO4/c1-2-18-11(15)5-8-9(13)3-7(6-12)4-10(8)14(16)17/h3-4H,2,5-6H2,1H3. The molecule has 1 aromatic carbocycles. The third-order valence-electron chi connectivity index (χ3n) is 2.21. The molecule has 0 heterocycles. The first-order chi connectivity index (χ1) is 8.49. The van der Waals surface area contributed by atoms with Gasteiger partial charge in [-0.25, -0.2) is 0 Å². The normalized spacial score (nSPS) is 10.2. The van der Waals surface area contributed by atoms with E-state index in [1.54, 1.807) is 13.0 Å². The number of rotatable bonds is 5. The zero-order valence-electron chi connectivity index (χ0n) is 9.61. The Hall–Kier alpha value is -0.950. The SMILES string of the molecule is CCOC(=O)Cc1c(Br)cc(CBr)cc1[N+](=O)[O-]. The van der Waals surface area contributed by atoms with Crippen LogP contribution in [0.15, 0.2) is 16.6 Å². The van der Waals surface area contributed by atoms with E-state index in [4.69, 9.17) is 4.74 Å². The molecule has 0 N–H and O–H groups in total. The number of carbonyl (C=O) groups excluding carboxylic acids is 1. The number of nitro benzene ring substituents is 1. The van der Waals surface area contributed by atoms with Gasteiger partial charge in [0, 0.05) is 15.9 Å². The average Bonchev–Trinajstić information content (AvgIpc) is 2.31. The molecule has 0 spiro atoms. The summed E-state index contributed by atoms with van der Waals surface area (Å²) in [4.78, 5) is 21.9. The van der Waals surface area contributed by atoms with Gasteiger partial charge in [-0.3, -0.25) is 14.9 Å². The molecule has 0 aliphatic rings. The molecule has 0 aromatic heterocycles. The largest absolute Gasteiger partial charge is 0.466 e. The molecule has 0 saturated heterocycles. The van der Waals surface area contributed by atoms with Crippen LogP contribution in [0.1, 0.15) is 18.1 Å². The second kappa shape index (κ2) is 6.84. The summed E-state index contributed by atoms with van der Waals surface area (Å²) in [5, 5.41) is 11.5. The number of alkyl halides is 1. The molecule has 0 unspecified atom stereocenters. The Kier molecular flexibility index (Phi) is 5.74. The molecule has 0 saturated carbocycles. The Morgan fingerprint density at radius 2 is 2.17 bits per heavy atom. The Balaban J connectivity index is 3.16. The smallest absolute Gasteiger partial charge is 0.310 e. The Morgan fingerprint density at radius 3 is 2.67 bits per heavy atom. The lowest BCUT2D eigenvalue weighted by Crippen LogP contribution is -2.10. The fourth-order valence-corrected chi connectivity index (χ4v) is 2.41. The number of hydrogen-bond acceptors (Lipinski definition) is 4. The molecule has 0 amide bonds. The lowest BCUT2D eigenvalue weighted by Gasteiger charge is -2.07. The van der Waals surface area contributed by atoms with Gasteiger partial charge in [0.1, 0.15) is 0 Å². The monoisotopic (exact) mass is 379 g/mol. The van der Waals surface area contributed by atoms with Crippen LogP contribution in [-0.4, -0.2) is 17.5 Å². The summed E-state index contributed by atoms with van der Waals surface area (Å²) in [6, 6.07) is 3.20. The fourth-order valence-electron chi connectivity index (χ4n) is 1.45. The third-order valence-corrected chi connectivity index (χ3v) is 3.56. The van der Waals surface area contributed by atoms with Crippen LogP contribution in [0.2, 0.25) is 0 Å². The first kappa shape index (κ1) is 15.1. The van der Waals surface area contributed by atoms with Crippen LogP contribution in [-0.2, 0) is 21.3 Å². The summed E-state index contributed by atoms with van der Waals surface area (Å²) < 4.78 is 5.34. The number of hydrogen-bond donors (Lipinski definition) is 0. The summed E-state index contributed by atoms with van der Waals surface area (Å²) >= 11 is 6.49. The van der Waals surface area contributed by atoms with Crippen molar-refractivity contribution in [1.82, 2.24) is 0 Å². The molecular weight excluding hydrogens is 370 g/mol. The lowest BCUT2D eigenvalue weighted by molar-refractivity contribution is -0.385. The minimum absolute atomic E-state index is 0.0770. The summed E-state index contributed by atoms with van der Waals surface area (Å²) in [5.74, 6) is -0.479. The highest BCUT2D eigenvalue weighted by Gasteiger charge is 2.21. The molecule has 0 bridgehead atoms. The molecule has 7 heteroatoms. The molecule has 1 rings (SSSR count). The van der Waals surface area contributed by atoms with Gasteiger partial charge in [-0.05, 0) is 18.6 Å². The molecule has 0 radical (unpaired) electrons. The highest BCUT2D eigenvalue weighted by molar-refractivity contribution is 9.10. The highest BCUT2D eigenvalue weighted by Crippen LogP contribution is 2.30. The van der Waals surface area contributed by atoms with Crippen molar-refractivity contribution in [1.29, 1.82) is 0 Å². The Bertz CT molecular complexity index is 476. The zero-order chi connectivity index (χ0) is 13.7. The molecule has 0 aliphatic carbocycles. The van der Waals surface area contributed by atoms with Crippen LogP contribution in [0.5, 0.6) is 0 Å². The van der Waals surface area contributed by atoms with E-state index in [2.05, 4.69) is 31.9 Å². The van der Waals surface area contributed by atoms with Gasteiger partial charge in [0.25, 0.3) is 5.69 Å². The van der Waals surface area contributed by atoms with E-state index in [1.165, 1.54) is 6.07 Å². The third kappa shape index (κ3) is 3.78. The van der Waals surface area contributed by atoms with Gasteiger partial charge in [0.15, 0.2) is 0 Å². The van der Waals surface area contributed by atoms with Gasteiger partial charge in [-0.15, -0.1) is 0 Å². The number of nitrogens with zero attached hydrogens (tertiary/aromatic N) is 1. The lowest BCUT2D eigenvalue weighted by atomic mass is 10.1. The van der Waals surface area contributed by atoms with Crippen molar-refractivity contribution in [2.75, 3.05) is 6.61 Å². The highest BCUT2D eigenvalue weighted by atomic mass is 79.9. The quantitative estimate of drug-likeness (QED) is 0.340. The van der Waals surface area contributed by atoms with Crippen molar-refractivity contribution >= 4 is 43.5 Å². The van der Waals surface area contributed by atoms with Crippen LogP contribution in [0.25, 0.3) is 0 Å². The van der Waals surface area contributed by atoms with E-state index in [1.807, 2.05) is 0 Å². The number of carbonyl (C=O) groups is 1. The van der Waals surface area contributed by atoms with Crippen LogP contribution in [0.3, 0.4) is 0 Å². The summed E-state index contributed by atoms with van der Waals surface area (Å²) in [6.45, 7) is 1.94. The number of ether oxygens (including phenoxy) is 1. The number of nitro groups is 1. The van der Waals surface area contributed by atoms with E-state index in [9.17, 15) is 14.9 Å². The van der Waals surface area contributed by atoms with E-state index in [0.717, 1.165) is 5.56 Å². The molecule has 98 valence electrons. The second-order valence-corrected chi connectivity index (χ2v) is 4.86. The molecule has 0 atom stereocenters. The summed E-state index contributed by atoms with van der Waals surface area (Å²) in [7, 11) is 0. The van der Waals surface area contributed by atoms with Crippen molar-refractivity contribution in [3.8, 4) is 0 Å². The van der Waals surface area contributed by atoms with E-state index < -0.39 is 10.9 Å². The minimum atomic E-state index is -0.495. The first-order valence-electron chi connectivity index (χ1n) is 5.16. The molecule has 0 fully saturated rings. The van der Waals surface area contributed by atoms with Gasteiger partial charge >= 0.3 is 5.97 Å². The summed E-state index contributed by atoms with van der Waals surface area (Å²) in [6.07, 6.45) is -0.118. The number of esters is 1. The van der Waals surface area contributed by atoms with Crippen LogP contribution in [0.4, 0.5) is 5.69 Å². The average molecular weight is 381 g/mol. The number of benzene rings is 1. The molecular formula is C11H11Br2NO4. The number of halogens is 2. The maximum Gasteiger partial charge on any atom is 0.310 e. The molecule has 1 aromatic rings. The summed E-state index contributed by atoms with van der Waals surface area (Å²) in [5.41, 5.74) is 1.02. The molecule has 0 aliphatic heterocycles. The van der Waals surface area contributed by atoms with Gasteiger partial charge in [0.2, 0.25) is 0 Å². The van der Waals surface area contributed by atoms with Gasteiger partial charge < -0.3 is 4.74 Å². The van der Waals surface area contributed by atoms with Crippen molar-refractivity contribution < 1.29 is 14.5 Å². The maximum atomic E-state index is 11.4. The minimum Gasteiger partial charge on any atom is -0.466 e. The first-order valence-corrected chi connectivity index (χ1v) is 7.08. The van der Waals surface area contributed by atoms with Crippen LogP contribution < -0.4 is 0 Å². The van der Waals surface area contributed by atoms with Gasteiger partial charge in [-0.1, -0.05) is 31.9 Å². The van der Waals surface area contributed by atoms with E-state index in [-0.39, 0.29) is 18.7 Å². The van der Waals surface area contributed by atoms with Crippen molar-refractivity contribution in [3.05, 3.63) is 37.8 Å². The van der Waals surface area contributed by atoms with Crippen molar-refractivity contribution in [2.45, 2.75) is 18.7 Å². The molecule has 18 heavy (non-hydrogen) atoms. The van der Waals surface area contributed by atoms with Gasteiger partial charge in [-0.2, -0.15) is 0 Å². The molecule has 5 nitrogen and oxygen atoms in total. The second-order valence-electron chi connectivity index (χ2n) is 3.45. The van der Waals surface area contributed by atoms with Crippen LogP contribution in [0, 0.1) is 10.1 Å². The van der Waals surface area contributed by atoms with Crippen molar-refractivity contribution in [3.63, 3.8) is 0 Å². The van der Waals surface area contributed by atoms with E-state index in [0.29, 0.717) is 15.4 Å². The maximum absolute atomic E-state index is 11.4. The fraction of sp³-hybridized carbons (Fsp3) is 0.364. The van der Waals surface area contributed by atoms with Crippen LogP contribution >= 0.6 is 31.9 Å². The predicted octanol–water partition coefficient (Wildman–Crippen LogP) is 3.36. The Morgan fingerprint density at radius 1 is 1.50 bits per heavy atom. The Labute approximate surface area is 121 Å². The van der Waals surface area contributed by atoms with Gasteiger partial charge in [0.05, 0.1) is 23.5 Å².